The predicted octanol–water partition coefficient (Wildman–Crippen LogP) is 3.41. The number of carbonyl (C=O) groups excluding carboxylic acids is 1. The van der Waals surface area contributed by atoms with Crippen molar-refractivity contribution in [3.8, 4) is 23.0 Å². The van der Waals surface area contributed by atoms with E-state index < -0.39 is 0 Å². The highest BCUT2D eigenvalue weighted by molar-refractivity contribution is 6.02. The zero-order valence-electron chi connectivity index (χ0n) is 16.1. The van der Waals surface area contributed by atoms with Crippen LogP contribution in [-0.2, 0) is 4.79 Å². The molecule has 2 aromatic rings. The molecule has 0 fully saturated rings. The van der Waals surface area contributed by atoms with Crippen molar-refractivity contribution >= 4 is 23.4 Å². The molecule has 7 heteroatoms. The molecule has 2 aromatic carbocycles. The van der Waals surface area contributed by atoms with Crippen molar-refractivity contribution < 1.29 is 23.7 Å². The molecule has 2 rings (SSSR count). The van der Waals surface area contributed by atoms with Crippen molar-refractivity contribution in [2.24, 2.45) is 0 Å². The molecule has 0 bridgehead atoms. The lowest BCUT2D eigenvalue weighted by molar-refractivity contribution is -0.111. The summed E-state index contributed by atoms with van der Waals surface area (Å²) in [7, 11) is 8.02. The van der Waals surface area contributed by atoms with E-state index in [9.17, 15) is 4.79 Å². The number of benzene rings is 2. The van der Waals surface area contributed by atoms with Gasteiger partial charge >= 0.3 is 0 Å². The van der Waals surface area contributed by atoms with E-state index in [4.69, 9.17) is 18.9 Å². The van der Waals surface area contributed by atoms with Crippen LogP contribution in [0, 0.1) is 0 Å². The van der Waals surface area contributed by atoms with E-state index in [0.29, 0.717) is 34.2 Å². The van der Waals surface area contributed by atoms with Gasteiger partial charge in [0.2, 0.25) is 5.91 Å². The van der Waals surface area contributed by atoms with Gasteiger partial charge in [-0.1, -0.05) is 0 Å². The zero-order chi connectivity index (χ0) is 19.8. The van der Waals surface area contributed by atoms with Crippen LogP contribution in [-0.4, -0.2) is 41.4 Å². The van der Waals surface area contributed by atoms with Crippen LogP contribution in [0.5, 0.6) is 23.0 Å². The largest absolute Gasteiger partial charge is 0.496 e. The molecule has 7 nitrogen and oxygen atoms in total. The Morgan fingerprint density at radius 3 is 2.04 bits per heavy atom. The second kappa shape index (κ2) is 9.38. The van der Waals surface area contributed by atoms with E-state index in [1.165, 1.54) is 6.08 Å². The second-order valence-electron chi connectivity index (χ2n) is 5.43. The molecule has 0 aliphatic carbocycles. The molecule has 0 spiro atoms. The smallest absolute Gasteiger partial charge is 0.248 e. The average Bonchev–Trinajstić information content (AvgIpc) is 2.71. The molecule has 0 aromatic heterocycles. The Kier molecular flexibility index (Phi) is 6.93. The van der Waals surface area contributed by atoms with Crippen LogP contribution < -0.4 is 29.6 Å². The maximum absolute atomic E-state index is 12.3. The lowest BCUT2D eigenvalue weighted by Crippen LogP contribution is -2.08. The number of anilines is 2. The highest BCUT2D eigenvalue weighted by Gasteiger charge is 2.11. The third-order valence-electron chi connectivity index (χ3n) is 3.89. The fourth-order valence-corrected chi connectivity index (χ4v) is 2.52. The van der Waals surface area contributed by atoms with Crippen LogP contribution in [0.1, 0.15) is 5.56 Å². The van der Waals surface area contributed by atoms with Gasteiger partial charge in [-0.3, -0.25) is 4.79 Å². The maximum atomic E-state index is 12.3. The van der Waals surface area contributed by atoms with Gasteiger partial charge in [-0.2, -0.15) is 0 Å². The normalized spacial score (nSPS) is 10.4. The summed E-state index contributed by atoms with van der Waals surface area (Å²) in [4.78, 5) is 12.3. The Morgan fingerprint density at radius 2 is 1.52 bits per heavy atom. The Bertz CT molecular complexity index is 808. The summed E-state index contributed by atoms with van der Waals surface area (Å²) in [5.41, 5.74) is 2.06. The Morgan fingerprint density at radius 1 is 0.889 bits per heavy atom. The van der Waals surface area contributed by atoms with Gasteiger partial charge in [0.1, 0.15) is 23.0 Å². The number of amides is 1. The summed E-state index contributed by atoms with van der Waals surface area (Å²) in [6.07, 6.45) is 3.05. The first-order valence-corrected chi connectivity index (χ1v) is 8.21. The molecular weight excluding hydrogens is 348 g/mol. The molecule has 0 radical (unpaired) electrons. The summed E-state index contributed by atoms with van der Waals surface area (Å²) in [6, 6.07) is 8.78. The molecule has 0 heterocycles. The number of hydrogen-bond acceptors (Lipinski definition) is 6. The summed E-state index contributed by atoms with van der Waals surface area (Å²) < 4.78 is 21.2. The molecule has 1 amide bonds. The van der Waals surface area contributed by atoms with E-state index in [0.717, 1.165) is 5.69 Å². The SMILES string of the molecule is CNc1cc(NC(=O)C=Cc2c(OC)cc(OC)cc2OC)ccc1OC. The molecule has 2 N–H and O–H groups in total. The van der Waals surface area contributed by atoms with Crippen molar-refractivity contribution in [3.05, 3.63) is 42.0 Å². The van der Waals surface area contributed by atoms with Crippen molar-refractivity contribution in [3.63, 3.8) is 0 Å². The molecular formula is C20H24N2O5. The van der Waals surface area contributed by atoms with E-state index in [2.05, 4.69) is 10.6 Å². The fourth-order valence-electron chi connectivity index (χ4n) is 2.52. The van der Waals surface area contributed by atoms with Crippen LogP contribution in [0.25, 0.3) is 6.08 Å². The molecule has 0 aliphatic heterocycles. The van der Waals surface area contributed by atoms with Gasteiger partial charge in [-0.05, 0) is 24.3 Å². The monoisotopic (exact) mass is 372 g/mol. The average molecular weight is 372 g/mol. The number of hydrogen-bond donors (Lipinski definition) is 2. The standard InChI is InChI=1S/C20H24N2O5/c1-21-16-10-13(6-8-17(16)25-3)22-20(23)9-7-15-18(26-4)11-14(24-2)12-19(15)27-5/h6-12,21H,1-5H3,(H,22,23). The van der Waals surface area contributed by atoms with Gasteiger partial charge in [0.15, 0.2) is 0 Å². The minimum absolute atomic E-state index is 0.290. The lowest BCUT2D eigenvalue weighted by atomic mass is 10.1. The van der Waals surface area contributed by atoms with E-state index in [1.807, 2.05) is 0 Å². The first-order chi connectivity index (χ1) is 13.1. The highest BCUT2D eigenvalue weighted by Crippen LogP contribution is 2.35. The van der Waals surface area contributed by atoms with Gasteiger partial charge in [0.05, 0.1) is 39.7 Å². The minimum atomic E-state index is -0.290. The predicted molar refractivity (Wildman–Crippen MR) is 106 cm³/mol. The molecule has 144 valence electrons. The number of ether oxygens (including phenoxy) is 4. The van der Waals surface area contributed by atoms with Crippen LogP contribution in [0.3, 0.4) is 0 Å². The fraction of sp³-hybridized carbons (Fsp3) is 0.250. The number of carbonyl (C=O) groups is 1. The Balaban J connectivity index is 2.22. The van der Waals surface area contributed by atoms with Crippen LogP contribution in [0.4, 0.5) is 11.4 Å². The first kappa shape index (κ1) is 20.0. The van der Waals surface area contributed by atoms with Gasteiger partial charge in [-0.15, -0.1) is 0 Å². The van der Waals surface area contributed by atoms with Gasteiger partial charge in [0, 0.05) is 30.9 Å². The van der Waals surface area contributed by atoms with Crippen LogP contribution in [0.2, 0.25) is 0 Å². The van der Waals surface area contributed by atoms with Crippen molar-refractivity contribution in [2.75, 3.05) is 46.1 Å². The quantitative estimate of drug-likeness (QED) is 0.692. The second-order valence-corrected chi connectivity index (χ2v) is 5.43. The van der Waals surface area contributed by atoms with Crippen LogP contribution >= 0.6 is 0 Å². The molecule has 0 unspecified atom stereocenters. The topological polar surface area (TPSA) is 78.1 Å². The summed E-state index contributed by atoms with van der Waals surface area (Å²) in [5.74, 6) is 2.08. The Labute approximate surface area is 158 Å². The zero-order valence-corrected chi connectivity index (χ0v) is 16.1. The van der Waals surface area contributed by atoms with Crippen molar-refractivity contribution in [1.29, 1.82) is 0 Å². The maximum Gasteiger partial charge on any atom is 0.248 e. The molecule has 27 heavy (non-hydrogen) atoms. The minimum Gasteiger partial charge on any atom is -0.496 e. The highest BCUT2D eigenvalue weighted by atomic mass is 16.5. The van der Waals surface area contributed by atoms with E-state index in [1.54, 1.807) is 71.9 Å². The lowest BCUT2D eigenvalue weighted by Gasteiger charge is -2.12. The van der Waals surface area contributed by atoms with E-state index >= 15 is 0 Å². The van der Waals surface area contributed by atoms with Gasteiger partial charge < -0.3 is 29.6 Å². The van der Waals surface area contributed by atoms with Gasteiger partial charge in [-0.25, -0.2) is 0 Å². The van der Waals surface area contributed by atoms with Crippen LogP contribution in [0.15, 0.2) is 36.4 Å². The van der Waals surface area contributed by atoms with Gasteiger partial charge in [0.25, 0.3) is 0 Å². The number of rotatable bonds is 8. The summed E-state index contributed by atoms with van der Waals surface area (Å²) in [6.45, 7) is 0. The van der Waals surface area contributed by atoms with Crippen molar-refractivity contribution in [2.45, 2.75) is 0 Å². The molecule has 0 saturated heterocycles. The molecule has 0 aliphatic rings. The first-order valence-electron chi connectivity index (χ1n) is 8.21. The third-order valence-corrected chi connectivity index (χ3v) is 3.89. The summed E-state index contributed by atoms with van der Waals surface area (Å²) >= 11 is 0. The molecule has 0 atom stereocenters. The van der Waals surface area contributed by atoms with E-state index in [-0.39, 0.29) is 5.91 Å². The molecule has 0 saturated carbocycles. The number of nitrogens with one attached hydrogen (secondary N) is 2. The summed E-state index contributed by atoms with van der Waals surface area (Å²) in [5, 5.41) is 5.83. The van der Waals surface area contributed by atoms with Crippen molar-refractivity contribution in [1.82, 2.24) is 0 Å². The third kappa shape index (κ3) is 4.84. The Hall–Kier alpha value is -3.35. The number of methoxy groups -OCH3 is 4.